The molecule has 1 aliphatic heterocycles. The van der Waals surface area contributed by atoms with Crippen LogP contribution in [0.1, 0.15) is 6.92 Å². The van der Waals surface area contributed by atoms with E-state index in [1.54, 1.807) is 0 Å². The van der Waals surface area contributed by atoms with Crippen molar-refractivity contribution in [2.45, 2.75) is 13.1 Å². The number of nitrogens with zero attached hydrogens (tertiary/aromatic N) is 2. The number of benzene rings is 1. The first-order valence-corrected chi connectivity index (χ1v) is 6.72. The molecule has 0 aliphatic carbocycles. The number of rotatable bonds is 1. The van der Waals surface area contributed by atoms with E-state index >= 15 is 0 Å². The van der Waals surface area contributed by atoms with Crippen molar-refractivity contribution in [1.29, 1.82) is 0 Å². The predicted molar refractivity (Wildman–Crippen MR) is 71.3 cm³/mol. The molecule has 0 spiro atoms. The van der Waals surface area contributed by atoms with Crippen LogP contribution >= 0.6 is 0 Å². The van der Waals surface area contributed by atoms with Gasteiger partial charge >= 0.3 is 10.4 Å². The van der Waals surface area contributed by atoms with Crippen molar-refractivity contribution >= 4 is 21.8 Å². The molecule has 1 aromatic rings. The average molecular weight is 274 g/mol. The monoisotopic (exact) mass is 274 g/mol. The van der Waals surface area contributed by atoms with Crippen molar-refractivity contribution in [3.05, 3.63) is 24.3 Å². The van der Waals surface area contributed by atoms with E-state index in [9.17, 15) is 8.42 Å². The Morgan fingerprint density at radius 3 is 1.78 bits per heavy atom. The molecule has 0 aromatic heterocycles. The number of hydrogen-bond donors (Lipinski definition) is 1. The first kappa shape index (κ1) is 14.7. The topological polar surface area (TPSA) is 70.1 Å². The van der Waals surface area contributed by atoms with E-state index in [1.807, 2.05) is 0 Å². The number of hydrogen-bond acceptors (Lipinski definition) is 5. The largest absolute Gasteiger partial charge is 0.397 e. The lowest BCUT2D eigenvalue weighted by atomic mass is 10.3. The van der Waals surface area contributed by atoms with E-state index in [1.165, 1.54) is 11.4 Å². The Hall–Kier alpha value is -1.31. The van der Waals surface area contributed by atoms with Crippen LogP contribution in [0.2, 0.25) is 0 Å². The van der Waals surface area contributed by atoms with Crippen molar-refractivity contribution in [2.24, 2.45) is 0 Å². The van der Waals surface area contributed by atoms with Crippen LogP contribution < -0.4 is 9.80 Å². The minimum atomic E-state index is -4.16. The highest BCUT2D eigenvalue weighted by atomic mass is 32.3. The molecule has 0 bridgehead atoms. The summed E-state index contributed by atoms with van der Waals surface area (Å²) in [5, 5.41) is 0. The van der Waals surface area contributed by atoms with Crippen LogP contribution in [-0.4, -0.2) is 40.3 Å². The van der Waals surface area contributed by atoms with Crippen LogP contribution in [0.25, 0.3) is 0 Å². The lowest BCUT2D eigenvalue weighted by Crippen LogP contribution is -2.35. The normalized spacial score (nSPS) is 15.2. The van der Waals surface area contributed by atoms with Crippen LogP contribution in [-0.2, 0) is 14.6 Å². The van der Waals surface area contributed by atoms with Crippen LogP contribution in [0.4, 0.5) is 11.4 Å². The molecule has 6 nitrogen and oxygen atoms in total. The maximum Gasteiger partial charge on any atom is 0.397 e. The zero-order chi connectivity index (χ0) is 13.9. The summed E-state index contributed by atoms with van der Waals surface area (Å²) >= 11 is 0. The third kappa shape index (κ3) is 3.34. The van der Waals surface area contributed by atoms with E-state index in [-0.39, 0.29) is 0 Å². The molecule has 1 N–H and O–H groups in total. The Bertz CT molecular complexity index is 475. The van der Waals surface area contributed by atoms with Crippen molar-refractivity contribution in [3.8, 4) is 0 Å². The van der Waals surface area contributed by atoms with Gasteiger partial charge < -0.3 is 9.80 Å². The van der Waals surface area contributed by atoms with Gasteiger partial charge in [-0.1, -0.05) is 12.1 Å². The third-order valence-corrected chi connectivity index (χ3v) is 3.39. The molecule has 2 rings (SSSR count). The van der Waals surface area contributed by atoms with Crippen molar-refractivity contribution < 1.29 is 17.2 Å². The van der Waals surface area contributed by atoms with Gasteiger partial charge in [0.2, 0.25) is 0 Å². The van der Waals surface area contributed by atoms with Gasteiger partial charge in [-0.3, -0.25) is 8.74 Å². The summed E-state index contributed by atoms with van der Waals surface area (Å²) in [7, 11) is 0.972. The number of anilines is 2. The quantitative estimate of drug-likeness (QED) is 0.780. The lowest BCUT2D eigenvalue weighted by Gasteiger charge is -2.23. The zero-order valence-electron chi connectivity index (χ0n) is 10.9. The van der Waals surface area contributed by atoms with Crippen LogP contribution in [0, 0.1) is 0 Å². The first-order chi connectivity index (χ1) is 8.28. The Balaban J connectivity index is 0.000000232. The Morgan fingerprint density at radius 2 is 1.50 bits per heavy atom. The molecule has 0 radical (unpaired) electrons. The molecular weight excluding hydrogens is 256 g/mol. The van der Waals surface area contributed by atoms with Crippen LogP contribution in [0.3, 0.4) is 0 Å². The summed E-state index contributed by atoms with van der Waals surface area (Å²) < 4.78 is 29.7. The van der Waals surface area contributed by atoms with E-state index < -0.39 is 10.4 Å². The van der Waals surface area contributed by atoms with Gasteiger partial charge in [0.25, 0.3) is 0 Å². The minimum Gasteiger partial charge on any atom is -0.353 e. The number of fused-ring (bicyclic) bond motifs is 1. The second-order valence-corrected chi connectivity index (χ2v) is 5.13. The molecule has 0 amide bonds. The number of para-hydroxylation sites is 2. The summed E-state index contributed by atoms with van der Waals surface area (Å²) in [6, 6.07) is 8.49. The lowest BCUT2D eigenvalue weighted by molar-refractivity contribution is 0.324. The molecule has 1 aliphatic rings. The molecule has 0 atom stereocenters. The second kappa shape index (κ2) is 5.55. The van der Waals surface area contributed by atoms with Gasteiger partial charge in [0.15, 0.2) is 0 Å². The standard InChI is InChI=1S/C10H14N2.CH4O4S/c1-8-11(2)9-6-4-5-7-10(9)12(8)3;1-5-6(2,3)4/h4-8H,1-3H3;1H3,(H,2,3,4). The van der Waals surface area contributed by atoms with Gasteiger partial charge in [-0.2, -0.15) is 8.42 Å². The third-order valence-electron chi connectivity index (χ3n) is 2.97. The van der Waals surface area contributed by atoms with Gasteiger partial charge in [0.05, 0.1) is 24.7 Å². The maximum atomic E-state index is 9.33. The molecule has 1 heterocycles. The van der Waals surface area contributed by atoms with Gasteiger partial charge in [0.1, 0.15) is 0 Å². The summed E-state index contributed by atoms with van der Waals surface area (Å²) in [5.41, 5.74) is 2.65. The minimum absolute atomic E-state index is 0.474. The predicted octanol–water partition coefficient (Wildman–Crippen LogP) is 1.35. The Morgan fingerprint density at radius 1 is 1.17 bits per heavy atom. The van der Waals surface area contributed by atoms with Gasteiger partial charge in [-0.05, 0) is 19.1 Å². The molecule has 0 unspecified atom stereocenters. The summed E-state index contributed by atoms with van der Waals surface area (Å²) in [5.74, 6) is 0. The van der Waals surface area contributed by atoms with Crippen molar-refractivity contribution in [2.75, 3.05) is 31.0 Å². The molecule has 18 heavy (non-hydrogen) atoms. The average Bonchev–Trinajstić information content (AvgIpc) is 2.55. The van der Waals surface area contributed by atoms with Crippen molar-refractivity contribution in [1.82, 2.24) is 0 Å². The molecule has 1 aromatic carbocycles. The van der Waals surface area contributed by atoms with Crippen LogP contribution in [0.5, 0.6) is 0 Å². The molecular formula is C11H18N2O4S. The summed E-state index contributed by atoms with van der Waals surface area (Å²) in [6.07, 6.45) is 0.474. The van der Waals surface area contributed by atoms with Gasteiger partial charge in [-0.15, -0.1) is 0 Å². The highest BCUT2D eigenvalue weighted by molar-refractivity contribution is 7.80. The molecule has 102 valence electrons. The Labute approximate surface area is 108 Å². The summed E-state index contributed by atoms with van der Waals surface area (Å²) in [4.78, 5) is 4.57. The zero-order valence-corrected chi connectivity index (χ0v) is 11.7. The van der Waals surface area contributed by atoms with Crippen LogP contribution in [0.15, 0.2) is 24.3 Å². The van der Waals surface area contributed by atoms with E-state index in [2.05, 4.69) is 59.3 Å². The molecule has 7 heteroatoms. The summed E-state index contributed by atoms with van der Waals surface area (Å²) in [6.45, 7) is 2.21. The van der Waals surface area contributed by atoms with Crippen molar-refractivity contribution in [3.63, 3.8) is 0 Å². The fourth-order valence-electron chi connectivity index (χ4n) is 1.72. The highest BCUT2D eigenvalue weighted by Crippen LogP contribution is 2.36. The maximum absolute atomic E-state index is 9.33. The molecule has 0 saturated heterocycles. The molecule has 0 fully saturated rings. The SMILES string of the molecule is CC1N(C)c2ccccc2N1C.COS(=O)(=O)O. The smallest absolute Gasteiger partial charge is 0.353 e. The molecule has 0 saturated carbocycles. The fourth-order valence-corrected chi connectivity index (χ4v) is 1.72. The Kier molecular flexibility index (Phi) is 4.55. The highest BCUT2D eigenvalue weighted by Gasteiger charge is 2.26. The van der Waals surface area contributed by atoms with E-state index in [0.717, 1.165) is 7.11 Å². The fraction of sp³-hybridized carbons (Fsp3) is 0.455. The first-order valence-electron chi connectivity index (χ1n) is 5.35. The van der Waals surface area contributed by atoms with Gasteiger partial charge in [-0.25, -0.2) is 0 Å². The van der Waals surface area contributed by atoms with Gasteiger partial charge in [0, 0.05) is 14.1 Å². The van der Waals surface area contributed by atoms with E-state index in [0.29, 0.717) is 6.17 Å². The van der Waals surface area contributed by atoms with E-state index in [4.69, 9.17) is 4.55 Å². The second-order valence-electron chi connectivity index (χ2n) is 3.94.